The van der Waals surface area contributed by atoms with Crippen LogP contribution in [-0.4, -0.2) is 31.3 Å². The van der Waals surface area contributed by atoms with E-state index in [2.05, 4.69) is 58.9 Å². The number of aliphatic imine (C=N–C) groups is 1. The smallest absolute Gasteiger partial charge is 0.191 e. The van der Waals surface area contributed by atoms with E-state index in [4.69, 9.17) is 4.52 Å². The SMILES string of the molecule is CN=C(NCCc1c(C)noc1C)NCC(C)c1cccc(C)c1. The summed E-state index contributed by atoms with van der Waals surface area (Å²) in [5.41, 5.74) is 4.77. The van der Waals surface area contributed by atoms with E-state index in [9.17, 15) is 0 Å². The highest BCUT2D eigenvalue weighted by atomic mass is 16.5. The third kappa shape index (κ3) is 4.85. The van der Waals surface area contributed by atoms with Gasteiger partial charge in [-0.25, -0.2) is 0 Å². The van der Waals surface area contributed by atoms with Crippen LogP contribution in [0.1, 0.15) is 41.0 Å². The number of hydrogen-bond donors (Lipinski definition) is 2. The molecule has 1 aromatic carbocycles. The Morgan fingerprint density at radius 1 is 1.25 bits per heavy atom. The summed E-state index contributed by atoms with van der Waals surface area (Å²) < 4.78 is 5.19. The van der Waals surface area contributed by atoms with Crippen LogP contribution in [0.3, 0.4) is 0 Å². The second-order valence-electron chi connectivity index (χ2n) is 6.25. The first-order valence-electron chi connectivity index (χ1n) is 8.44. The molecule has 0 saturated carbocycles. The van der Waals surface area contributed by atoms with Crippen LogP contribution in [0.5, 0.6) is 0 Å². The number of guanidine groups is 1. The Balaban J connectivity index is 1.80. The minimum absolute atomic E-state index is 0.422. The third-order valence-electron chi connectivity index (χ3n) is 4.26. The van der Waals surface area contributed by atoms with Gasteiger partial charge in [0.25, 0.3) is 0 Å². The molecule has 2 rings (SSSR count). The molecule has 0 bridgehead atoms. The zero-order valence-electron chi connectivity index (χ0n) is 15.3. The predicted molar refractivity (Wildman–Crippen MR) is 98.6 cm³/mol. The molecule has 1 unspecified atom stereocenters. The van der Waals surface area contributed by atoms with E-state index in [1.165, 1.54) is 16.7 Å². The van der Waals surface area contributed by atoms with Gasteiger partial charge in [-0.15, -0.1) is 0 Å². The van der Waals surface area contributed by atoms with E-state index in [1.807, 2.05) is 13.8 Å². The van der Waals surface area contributed by atoms with E-state index in [0.29, 0.717) is 5.92 Å². The molecule has 0 saturated heterocycles. The van der Waals surface area contributed by atoms with Crippen molar-refractivity contribution in [2.75, 3.05) is 20.1 Å². The maximum atomic E-state index is 5.19. The second-order valence-corrected chi connectivity index (χ2v) is 6.25. The van der Waals surface area contributed by atoms with Crippen molar-refractivity contribution in [3.63, 3.8) is 0 Å². The number of nitrogens with zero attached hydrogens (tertiary/aromatic N) is 2. The molecule has 1 aromatic heterocycles. The molecule has 130 valence electrons. The molecule has 24 heavy (non-hydrogen) atoms. The number of nitrogens with one attached hydrogen (secondary N) is 2. The van der Waals surface area contributed by atoms with Crippen molar-refractivity contribution >= 4 is 5.96 Å². The Morgan fingerprint density at radius 2 is 2.04 bits per heavy atom. The van der Waals surface area contributed by atoms with Gasteiger partial charge in [0.05, 0.1) is 5.69 Å². The van der Waals surface area contributed by atoms with Gasteiger partial charge in [0.1, 0.15) is 5.76 Å². The van der Waals surface area contributed by atoms with Gasteiger partial charge in [-0.3, -0.25) is 4.99 Å². The van der Waals surface area contributed by atoms with Crippen molar-refractivity contribution in [3.8, 4) is 0 Å². The van der Waals surface area contributed by atoms with Crippen LogP contribution in [0.2, 0.25) is 0 Å². The number of rotatable bonds is 6. The van der Waals surface area contributed by atoms with Crippen molar-refractivity contribution < 1.29 is 4.52 Å². The van der Waals surface area contributed by atoms with Gasteiger partial charge in [0.2, 0.25) is 0 Å². The molecule has 1 heterocycles. The van der Waals surface area contributed by atoms with Crippen molar-refractivity contribution in [3.05, 3.63) is 52.4 Å². The molecule has 0 amide bonds. The molecule has 0 aliphatic rings. The number of aromatic nitrogens is 1. The van der Waals surface area contributed by atoms with Crippen LogP contribution in [0.4, 0.5) is 0 Å². The summed E-state index contributed by atoms with van der Waals surface area (Å²) in [5.74, 6) is 2.14. The summed E-state index contributed by atoms with van der Waals surface area (Å²) >= 11 is 0. The summed E-state index contributed by atoms with van der Waals surface area (Å²) in [7, 11) is 1.79. The topological polar surface area (TPSA) is 62.5 Å². The molecule has 0 aliphatic carbocycles. The summed E-state index contributed by atoms with van der Waals surface area (Å²) in [6, 6.07) is 8.64. The molecule has 5 nitrogen and oxygen atoms in total. The van der Waals surface area contributed by atoms with Gasteiger partial charge < -0.3 is 15.2 Å². The predicted octanol–water partition coefficient (Wildman–Crippen LogP) is 3.11. The Bertz CT molecular complexity index is 671. The Kier molecular flexibility index (Phi) is 6.41. The maximum Gasteiger partial charge on any atom is 0.191 e. The van der Waals surface area contributed by atoms with Crippen molar-refractivity contribution in [2.45, 2.75) is 40.0 Å². The molecular weight excluding hydrogens is 300 g/mol. The van der Waals surface area contributed by atoms with Crippen LogP contribution in [0, 0.1) is 20.8 Å². The fourth-order valence-electron chi connectivity index (χ4n) is 2.73. The monoisotopic (exact) mass is 328 g/mol. The normalized spacial score (nSPS) is 13.0. The fourth-order valence-corrected chi connectivity index (χ4v) is 2.73. The summed E-state index contributed by atoms with van der Waals surface area (Å²) in [4.78, 5) is 4.29. The average molecular weight is 328 g/mol. The minimum atomic E-state index is 0.422. The van der Waals surface area contributed by atoms with Gasteiger partial charge in [-0.2, -0.15) is 0 Å². The zero-order valence-corrected chi connectivity index (χ0v) is 15.3. The van der Waals surface area contributed by atoms with Crippen LogP contribution < -0.4 is 10.6 Å². The summed E-state index contributed by atoms with van der Waals surface area (Å²) in [5, 5.41) is 10.7. The number of hydrogen-bond acceptors (Lipinski definition) is 3. The van der Waals surface area contributed by atoms with Gasteiger partial charge in [0, 0.05) is 25.7 Å². The standard InChI is InChI=1S/C19H28N4O/c1-13-7-6-8-17(11-13)14(2)12-22-19(20-5)21-10-9-18-15(3)23-24-16(18)4/h6-8,11,14H,9-10,12H2,1-5H3,(H2,20,21,22). The Labute approximate surface area is 144 Å². The third-order valence-corrected chi connectivity index (χ3v) is 4.26. The van der Waals surface area contributed by atoms with E-state index >= 15 is 0 Å². The maximum absolute atomic E-state index is 5.19. The Hall–Kier alpha value is -2.30. The Morgan fingerprint density at radius 3 is 2.67 bits per heavy atom. The highest BCUT2D eigenvalue weighted by Crippen LogP contribution is 2.15. The summed E-state index contributed by atoms with van der Waals surface area (Å²) in [6.45, 7) is 9.90. The average Bonchev–Trinajstić information content (AvgIpc) is 2.89. The lowest BCUT2D eigenvalue weighted by atomic mass is 9.99. The van der Waals surface area contributed by atoms with Gasteiger partial charge in [-0.05, 0) is 38.7 Å². The van der Waals surface area contributed by atoms with Crippen LogP contribution in [0.25, 0.3) is 0 Å². The molecule has 2 aromatic rings. The second kappa shape index (κ2) is 8.52. The lowest BCUT2D eigenvalue weighted by Gasteiger charge is -2.16. The van der Waals surface area contributed by atoms with Gasteiger partial charge >= 0.3 is 0 Å². The van der Waals surface area contributed by atoms with Crippen LogP contribution >= 0.6 is 0 Å². The highest BCUT2D eigenvalue weighted by Gasteiger charge is 2.10. The minimum Gasteiger partial charge on any atom is -0.361 e. The molecule has 0 fully saturated rings. The van der Waals surface area contributed by atoms with Crippen molar-refractivity contribution in [1.29, 1.82) is 0 Å². The molecule has 0 spiro atoms. The van der Waals surface area contributed by atoms with E-state index < -0.39 is 0 Å². The molecule has 0 aliphatic heterocycles. The highest BCUT2D eigenvalue weighted by molar-refractivity contribution is 5.79. The van der Waals surface area contributed by atoms with Crippen molar-refractivity contribution in [1.82, 2.24) is 15.8 Å². The van der Waals surface area contributed by atoms with Gasteiger partial charge in [0.15, 0.2) is 5.96 Å². The zero-order chi connectivity index (χ0) is 17.5. The van der Waals surface area contributed by atoms with Crippen molar-refractivity contribution in [2.24, 2.45) is 4.99 Å². The lowest BCUT2D eigenvalue weighted by molar-refractivity contribution is 0.392. The quantitative estimate of drug-likeness (QED) is 0.632. The molecule has 1 atom stereocenters. The van der Waals surface area contributed by atoms with Crippen LogP contribution in [-0.2, 0) is 6.42 Å². The first kappa shape index (κ1) is 18.0. The first-order chi connectivity index (χ1) is 11.5. The summed E-state index contributed by atoms with van der Waals surface area (Å²) in [6.07, 6.45) is 0.870. The van der Waals surface area contributed by atoms with E-state index in [0.717, 1.165) is 36.9 Å². The molecule has 0 radical (unpaired) electrons. The largest absolute Gasteiger partial charge is 0.361 e. The molecule has 2 N–H and O–H groups in total. The van der Waals surface area contributed by atoms with Crippen LogP contribution in [0.15, 0.2) is 33.8 Å². The number of aryl methyl sites for hydroxylation is 3. The lowest BCUT2D eigenvalue weighted by Crippen LogP contribution is -2.40. The fraction of sp³-hybridized carbons (Fsp3) is 0.474. The van der Waals surface area contributed by atoms with E-state index in [-0.39, 0.29) is 0 Å². The number of benzene rings is 1. The molecule has 5 heteroatoms. The van der Waals surface area contributed by atoms with Gasteiger partial charge in [-0.1, -0.05) is 41.9 Å². The van der Waals surface area contributed by atoms with E-state index in [1.54, 1.807) is 7.05 Å². The first-order valence-corrected chi connectivity index (χ1v) is 8.44. The molecular formula is C19H28N4O.